The predicted octanol–water partition coefficient (Wildman–Crippen LogP) is 2.88. The Balaban J connectivity index is 1.72. The minimum atomic E-state index is -0.461. The first kappa shape index (κ1) is 27.3. The van der Waals surface area contributed by atoms with E-state index in [1.54, 1.807) is 0 Å². The Morgan fingerprint density at radius 1 is 0.645 bits per heavy atom. The summed E-state index contributed by atoms with van der Waals surface area (Å²) in [6, 6.07) is 9.65. The van der Waals surface area contributed by atoms with Gasteiger partial charge < -0.3 is 33.2 Å². The molecule has 0 aliphatic heterocycles. The van der Waals surface area contributed by atoms with E-state index in [0.29, 0.717) is 72.7 Å². The lowest BCUT2D eigenvalue weighted by Gasteiger charge is -2.19. The zero-order chi connectivity index (χ0) is 22.6. The minimum absolute atomic E-state index is 0.243. The lowest BCUT2D eigenvalue weighted by Crippen LogP contribution is -2.24. The first-order chi connectivity index (χ1) is 15.0. The number of hydrogen-bond acceptors (Lipinski definition) is 8. The van der Waals surface area contributed by atoms with Crippen molar-refractivity contribution in [1.82, 2.24) is 0 Å². The van der Waals surface area contributed by atoms with Gasteiger partial charge in [0.05, 0.1) is 72.5 Å². The summed E-state index contributed by atoms with van der Waals surface area (Å²) in [5, 5.41) is 0. The van der Waals surface area contributed by atoms with Gasteiger partial charge in [-0.1, -0.05) is 18.2 Å². The fourth-order valence-corrected chi connectivity index (χ4v) is 2.26. The lowest BCUT2D eigenvalue weighted by molar-refractivity contribution is -0.156. The largest absolute Gasteiger partial charge is 0.491 e. The molecule has 0 bridgehead atoms. The Morgan fingerprint density at radius 3 is 1.52 bits per heavy atom. The van der Waals surface area contributed by atoms with E-state index in [0.717, 1.165) is 5.75 Å². The Bertz CT molecular complexity index is 544. The third-order valence-corrected chi connectivity index (χ3v) is 3.60. The SMILES string of the molecule is CC(C)(C)OC(=O)CCOCCOCCOCCOCCOCCOc1ccccc1. The van der Waals surface area contributed by atoms with Crippen LogP contribution >= 0.6 is 0 Å². The predicted molar refractivity (Wildman–Crippen MR) is 116 cm³/mol. The smallest absolute Gasteiger partial charge is 0.308 e. The molecule has 8 heteroatoms. The molecule has 0 aromatic heterocycles. The number of carbonyl (C=O) groups excluding carboxylic acids is 1. The Labute approximate surface area is 186 Å². The first-order valence-electron chi connectivity index (χ1n) is 10.8. The quantitative estimate of drug-likeness (QED) is 0.239. The van der Waals surface area contributed by atoms with Gasteiger partial charge in [0.1, 0.15) is 18.0 Å². The molecule has 1 rings (SSSR count). The molecule has 0 aliphatic carbocycles. The molecule has 0 saturated carbocycles. The van der Waals surface area contributed by atoms with Crippen LogP contribution in [0.3, 0.4) is 0 Å². The highest BCUT2D eigenvalue weighted by atomic mass is 16.6. The summed E-state index contributed by atoms with van der Waals surface area (Å²) in [5.74, 6) is 0.585. The van der Waals surface area contributed by atoms with Crippen LogP contribution in [0.25, 0.3) is 0 Å². The number of hydrogen-bond donors (Lipinski definition) is 0. The zero-order valence-corrected chi connectivity index (χ0v) is 19.1. The molecule has 0 spiro atoms. The lowest BCUT2D eigenvalue weighted by atomic mass is 10.2. The van der Waals surface area contributed by atoms with Gasteiger partial charge in [0, 0.05) is 0 Å². The molecule has 0 heterocycles. The molecule has 8 nitrogen and oxygen atoms in total. The van der Waals surface area contributed by atoms with Gasteiger partial charge in [-0.15, -0.1) is 0 Å². The molecule has 0 atom stereocenters. The third kappa shape index (κ3) is 18.8. The minimum Gasteiger partial charge on any atom is -0.491 e. The van der Waals surface area contributed by atoms with Crippen LogP contribution < -0.4 is 4.74 Å². The molecule has 0 N–H and O–H groups in total. The summed E-state index contributed by atoms with van der Waals surface area (Å²) in [4.78, 5) is 11.5. The van der Waals surface area contributed by atoms with Crippen LogP contribution in [0.15, 0.2) is 30.3 Å². The van der Waals surface area contributed by atoms with Crippen molar-refractivity contribution in [2.45, 2.75) is 32.8 Å². The maximum Gasteiger partial charge on any atom is 0.308 e. The number of para-hydroxylation sites is 1. The maximum absolute atomic E-state index is 11.5. The molecule has 0 amide bonds. The van der Waals surface area contributed by atoms with Crippen molar-refractivity contribution in [2.75, 3.05) is 72.7 Å². The van der Waals surface area contributed by atoms with E-state index in [2.05, 4.69) is 0 Å². The van der Waals surface area contributed by atoms with E-state index in [4.69, 9.17) is 33.2 Å². The molecular weight excluding hydrogens is 404 g/mol. The van der Waals surface area contributed by atoms with Crippen LogP contribution in [0, 0.1) is 0 Å². The number of benzene rings is 1. The first-order valence-corrected chi connectivity index (χ1v) is 10.8. The van der Waals surface area contributed by atoms with Gasteiger partial charge in [0.15, 0.2) is 0 Å². The Hall–Kier alpha value is -1.71. The summed E-state index contributed by atoms with van der Waals surface area (Å²) >= 11 is 0. The fraction of sp³-hybridized carbons (Fsp3) is 0.696. The molecule has 0 saturated heterocycles. The van der Waals surface area contributed by atoms with Crippen molar-refractivity contribution >= 4 is 5.97 Å². The Morgan fingerprint density at radius 2 is 1.06 bits per heavy atom. The van der Waals surface area contributed by atoms with Gasteiger partial charge in [-0.25, -0.2) is 0 Å². The molecule has 0 aliphatic rings. The molecule has 0 radical (unpaired) electrons. The van der Waals surface area contributed by atoms with Crippen LogP contribution in [-0.4, -0.2) is 84.2 Å². The second-order valence-electron chi connectivity index (χ2n) is 7.56. The van der Waals surface area contributed by atoms with Gasteiger partial charge in [-0.3, -0.25) is 4.79 Å². The summed E-state index contributed by atoms with van der Waals surface area (Å²) in [5.41, 5.74) is -0.461. The highest BCUT2D eigenvalue weighted by Crippen LogP contribution is 2.08. The van der Waals surface area contributed by atoms with Crippen LogP contribution in [0.5, 0.6) is 5.75 Å². The third-order valence-electron chi connectivity index (χ3n) is 3.60. The topological polar surface area (TPSA) is 81.7 Å². The van der Waals surface area contributed by atoms with Crippen LogP contribution in [0.2, 0.25) is 0 Å². The summed E-state index contributed by atoms with van der Waals surface area (Å²) in [6.07, 6.45) is 0.243. The number of rotatable bonds is 19. The second kappa shape index (κ2) is 17.9. The molecule has 1 aromatic carbocycles. The van der Waals surface area contributed by atoms with Crippen molar-refractivity contribution in [1.29, 1.82) is 0 Å². The normalized spacial score (nSPS) is 11.5. The van der Waals surface area contributed by atoms with E-state index >= 15 is 0 Å². The van der Waals surface area contributed by atoms with Crippen molar-refractivity contribution in [3.8, 4) is 5.75 Å². The monoisotopic (exact) mass is 442 g/mol. The van der Waals surface area contributed by atoms with Crippen LogP contribution in [-0.2, 0) is 33.2 Å². The van der Waals surface area contributed by atoms with E-state index in [1.165, 1.54) is 0 Å². The average Bonchev–Trinajstić information content (AvgIpc) is 2.72. The summed E-state index contributed by atoms with van der Waals surface area (Å²) in [7, 11) is 0. The van der Waals surface area contributed by atoms with E-state index in [9.17, 15) is 4.79 Å². The van der Waals surface area contributed by atoms with Crippen LogP contribution in [0.1, 0.15) is 27.2 Å². The number of esters is 1. The van der Waals surface area contributed by atoms with E-state index < -0.39 is 5.60 Å². The van der Waals surface area contributed by atoms with Crippen molar-refractivity contribution in [3.63, 3.8) is 0 Å². The highest BCUT2D eigenvalue weighted by molar-refractivity contribution is 5.69. The van der Waals surface area contributed by atoms with Crippen LogP contribution in [0.4, 0.5) is 0 Å². The number of ether oxygens (including phenoxy) is 7. The molecule has 0 fully saturated rings. The fourth-order valence-electron chi connectivity index (χ4n) is 2.26. The van der Waals surface area contributed by atoms with E-state index in [-0.39, 0.29) is 12.4 Å². The van der Waals surface area contributed by atoms with Gasteiger partial charge >= 0.3 is 5.97 Å². The summed E-state index contributed by atoms with van der Waals surface area (Å²) < 4.78 is 37.8. The second-order valence-corrected chi connectivity index (χ2v) is 7.56. The highest BCUT2D eigenvalue weighted by Gasteiger charge is 2.15. The zero-order valence-electron chi connectivity index (χ0n) is 19.1. The molecule has 1 aromatic rings. The van der Waals surface area contributed by atoms with Crippen molar-refractivity contribution < 1.29 is 38.0 Å². The van der Waals surface area contributed by atoms with Crippen molar-refractivity contribution in [3.05, 3.63) is 30.3 Å². The standard InChI is InChI=1S/C23H38O8/c1-23(2,3)31-22(24)9-10-25-11-12-26-13-14-27-15-16-28-17-18-29-19-20-30-21-7-5-4-6-8-21/h4-8H,9-20H2,1-3H3. The average molecular weight is 443 g/mol. The van der Waals surface area contributed by atoms with Gasteiger partial charge in [0.2, 0.25) is 0 Å². The maximum atomic E-state index is 11.5. The summed E-state index contributed by atoms with van der Waals surface area (Å²) in [6.45, 7) is 10.8. The van der Waals surface area contributed by atoms with E-state index in [1.807, 2.05) is 51.1 Å². The number of carbonyl (C=O) groups is 1. The van der Waals surface area contributed by atoms with Gasteiger partial charge in [0.25, 0.3) is 0 Å². The molecular formula is C23H38O8. The molecule has 178 valence electrons. The van der Waals surface area contributed by atoms with Gasteiger partial charge in [-0.2, -0.15) is 0 Å². The molecule has 31 heavy (non-hydrogen) atoms. The molecule has 0 unspecified atom stereocenters. The Kier molecular flexibility index (Phi) is 15.8. The van der Waals surface area contributed by atoms with Gasteiger partial charge in [-0.05, 0) is 32.9 Å². The van der Waals surface area contributed by atoms with Crippen molar-refractivity contribution in [2.24, 2.45) is 0 Å².